The van der Waals surface area contributed by atoms with Gasteiger partial charge in [-0.1, -0.05) is 0 Å². The summed E-state index contributed by atoms with van der Waals surface area (Å²) in [5.74, 6) is 0. The first-order valence-corrected chi connectivity index (χ1v) is 4.66. The molecule has 0 unspecified atom stereocenters. The fourth-order valence-corrected chi connectivity index (χ4v) is 0.683. The van der Waals surface area contributed by atoms with Gasteiger partial charge in [-0.2, -0.15) is 0 Å². The lowest BCUT2D eigenvalue weighted by atomic mass is 10.2. The molecule has 0 aliphatic carbocycles. The highest BCUT2D eigenvalue weighted by Crippen LogP contribution is 2.05. The molecule has 6 nitrogen and oxygen atoms in total. The van der Waals surface area contributed by atoms with Gasteiger partial charge in [-0.15, -0.1) is 0 Å². The van der Waals surface area contributed by atoms with Crippen LogP contribution in [0, 0.1) is 0 Å². The molecule has 6 heteroatoms. The Morgan fingerprint density at radius 3 is 2.27 bits per heavy atom. The van der Waals surface area contributed by atoms with E-state index < -0.39 is 17.8 Å². The van der Waals surface area contributed by atoms with Crippen LogP contribution in [0.3, 0.4) is 0 Å². The number of ether oxygens (including phenoxy) is 2. The van der Waals surface area contributed by atoms with Crippen molar-refractivity contribution >= 4 is 12.2 Å². The summed E-state index contributed by atoms with van der Waals surface area (Å²) in [6.07, 6.45) is -1.05. The van der Waals surface area contributed by atoms with Gasteiger partial charge < -0.3 is 20.1 Å². The quantitative estimate of drug-likeness (QED) is 0.689. The number of carbonyl (C=O) groups is 2. The molecular formula is C9H18N2O4. The van der Waals surface area contributed by atoms with Gasteiger partial charge in [0, 0.05) is 7.05 Å². The molecule has 2 N–H and O–H groups in total. The molecule has 0 aliphatic rings. The van der Waals surface area contributed by atoms with Gasteiger partial charge in [0.05, 0.1) is 6.54 Å². The molecule has 88 valence electrons. The van der Waals surface area contributed by atoms with Crippen LogP contribution in [0.1, 0.15) is 20.8 Å². The largest absolute Gasteiger partial charge is 0.448 e. The Kier molecular flexibility index (Phi) is 5.51. The average molecular weight is 218 g/mol. The van der Waals surface area contributed by atoms with Gasteiger partial charge in [0.25, 0.3) is 0 Å². The number of amides is 2. The van der Waals surface area contributed by atoms with Crippen LogP contribution in [-0.2, 0) is 9.47 Å². The normalized spacial score (nSPS) is 10.4. The number of hydrogen-bond donors (Lipinski definition) is 2. The van der Waals surface area contributed by atoms with Gasteiger partial charge in [0.1, 0.15) is 12.2 Å². The fraction of sp³-hybridized carbons (Fsp3) is 0.778. The average Bonchev–Trinajstić information content (AvgIpc) is 2.09. The molecule has 0 rings (SSSR count). The van der Waals surface area contributed by atoms with Crippen molar-refractivity contribution in [3.05, 3.63) is 0 Å². The van der Waals surface area contributed by atoms with Crippen molar-refractivity contribution in [1.82, 2.24) is 10.6 Å². The summed E-state index contributed by atoms with van der Waals surface area (Å²) in [4.78, 5) is 21.7. The third-order valence-corrected chi connectivity index (χ3v) is 1.21. The molecule has 0 heterocycles. The minimum atomic E-state index is -0.527. The van der Waals surface area contributed by atoms with E-state index in [1.807, 2.05) is 0 Å². The van der Waals surface area contributed by atoms with E-state index in [2.05, 4.69) is 15.4 Å². The van der Waals surface area contributed by atoms with E-state index in [4.69, 9.17) is 4.74 Å². The summed E-state index contributed by atoms with van der Waals surface area (Å²) in [5, 5.41) is 4.74. The van der Waals surface area contributed by atoms with Gasteiger partial charge in [-0.05, 0) is 20.8 Å². The smallest absolute Gasteiger partial charge is 0.407 e. The maximum absolute atomic E-state index is 11.1. The predicted octanol–water partition coefficient (Wildman–Crippen LogP) is 0.867. The van der Waals surface area contributed by atoms with Gasteiger partial charge in [0.2, 0.25) is 0 Å². The number of alkyl carbamates (subject to hydrolysis) is 2. The summed E-state index contributed by atoms with van der Waals surface area (Å²) >= 11 is 0. The lowest BCUT2D eigenvalue weighted by Crippen LogP contribution is -2.35. The van der Waals surface area contributed by atoms with Crippen LogP contribution in [0.15, 0.2) is 0 Å². The molecule has 0 bridgehead atoms. The zero-order chi connectivity index (χ0) is 11.9. The zero-order valence-electron chi connectivity index (χ0n) is 9.55. The molecule has 0 spiro atoms. The molecule has 0 saturated heterocycles. The Morgan fingerprint density at radius 1 is 1.20 bits per heavy atom. The summed E-state index contributed by atoms with van der Waals surface area (Å²) in [7, 11) is 1.46. The van der Waals surface area contributed by atoms with Gasteiger partial charge >= 0.3 is 12.2 Å². The minimum Gasteiger partial charge on any atom is -0.448 e. The number of hydrogen-bond acceptors (Lipinski definition) is 4. The molecule has 15 heavy (non-hydrogen) atoms. The third-order valence-electron chi connectivity index (χ3n) is 1.21. The Hall–Kier alpha value is -1.46. The van der Waals surface area contributed by atoms with Gasteiger partial charge in [-0.3, -0.25) is 0 Å². The third kappa shape index (κ3) is 8.86. The van der Waals surface area contributed by atoms with Gasteiger partial charge in [0.15, 0.2) is 0 Å². The van der Waals surface area contributed by atoms with Crippen molar-refractivity contribution in [2.75, 3.05) is 20.2 Å². The summed E-state index contributed by atoms with van der Waals surface area (Å²) < 4.78 is 9.62. The second-order valence-electron chi connectivity index (χ2n) is 3.81. The van der Waals surface area contributed by atoms with Crippen molar-refractivity contribution < 1.29 is 19.1 Å². The zero-order valence-corrected chi connectivity index (χ0v) is 9.55. The number of nitrogens with one attached hydrogen (secondary N) is 2. The van der Waals surface area contributed by atoms with Crippen molar-refractivity contribution in [2.24, 2.45) is 0 Å². The maximum atomic E-state index is 11.1. The van der Waals surface area contributed by atoms with Crippen LogP contribution in [0.4, 0.5) is 9.59 Å². The molecule has 0 saturated carbocycles. The standard InChI is InChI=1S/C9H18N2O4/c1-9(2,3)15-8(13)11-5-6-14-7(12)10-4/h5-6H2,1-4H3,(H,10,12)(H,11,13). The van der Waals surface area contributed by atoms with E-state index in [9.17, 15) is 9.59 Å². The van der Waals surface area contributed by atoms with Crippen LogP contribution >= 0.6 is 0 Å². The molecule has 0 fully saturated rings. The minimum absolute atomic E-state index is 0.110. The Bertz CT molecular complexity index is 223. The van der Waals surface area contributed by atoms with E-state index >= 15 is 0 Å². The second kappa shape index (κ2) is 6.10. The van der Waals surface area contributed by atoms with E-state index in [1.54, 1.807) is 20.8 Å². The van der Waals surface area contributed by atoms with Crippen molar-refractivity contribution in [3.63, 3.8) is 0 Å². The van der Waals surface area contributed by atoms with E-state index in [-0.39, 0.29) is 13.2 Å². The lowest BCUT2D eigenvalue weighted by Gasteiger charge is -2.19. The molecule has 0 aromatic carbocycles. The molecular weight excluding hydrogens is 200 g/mol. The van der Waals surface area contributed by atoms with Crippen LogP contribution in [0.5, 0.6) is 0 Å². The molecule has 0 aromatic heterocycles. The van der Waals surface area contributed by atoms with Crippen LogP contribution in [0.2, 0.25) is 0 Å². The number of rotatable bonds is 3. The van der Waals surface area contributed by atoms with Crippen LogP contribution in [-0.4, -0.2) is 38.0 Å². The van der Waals surface area contributed by atoms with Crippen molar-refractivity contribution in [1.29, 1.82) is 0 Å². The molecule has 0 atom stereocenters. The van der Waals surface area contributed by atoms with Crippen molar-refractivity contribution in [3.8, 4) is 0 Å². The molecule has 2 amide bonds. The number of carbonyl (C=O) groups excluding carboxylic acids is 2. The maximum Gasteiger partial charge on any atom is 0.407 e. The first-order chi connectivity index (χ1) is 6.85. The van der Waals surface area contributed by atoms with Crippen LogP contribution < -0.4 is 10.6 Å². The highest BCUT2D eigenvalue weighted by molar-refractivity contribution is 5.68. The van der Waals surface area contributed by atoms with Gasteiger partial charge in [-0.25, -0.2) is 9.59 Å². The Morgan fingerprint density at radius 2 is 1.80 bits per heavy atom. The predicted molar refractivity (Wildman–Crippen MR) is 54.6 cm³/mol. The van der Waals surface area contributed by atoms with E-state index in [0.29, 0.717) is 0 Å². The summed E-state index contributed by atoms with van der Waals surface area (Å²) in [5.41, 5.74) is -0.522. The Balaban J connectivity index is 3.52. The topological polar surface area (TPSA) is 76.7 Å². The monoisotopic (exact) mass is 218 g/mol. The first kappa shape index (κ1) is 13.5. The fourth-order valence-electron chi connectivity index (χ4n) is 0.683. The first-order valence-electron chi connectivity index (χ1n) is 4.66. The highest BCUT2D eigenvalue weighted by Gasteiger charge is 2.15. The lowest BCUT2D eigenvalue weighted by molar-refractivity contribution is 0.0512. The van der Waals surface area contributed by atoms with Crippen LogP contribution in [0.25, 0.3) is 0 Å². The summed E-state index contributed by atoms with van der Waals surface area (Å²) in [6, 6.07) is 0. The Labute approximate surface area is 89.3 Å². The van der Waals surface area contributed by atoms with Crippen molar-refractivity contribution in [2.45, 2.75) is 26.4 Å². The molecule has 0 aromatic rings. The van der Waals surface area contributed by atoms with E-state index in [0.717, 1.165) is 0 Å². The molecule has 0 aliphatic heterocycles. The SMILES string of the molecule is CNC(=O)OCCNC(=O)OC(C)(C)C. The second-order valence-corrected chi connectivity index (χ2v) is 3.81. The summed E-state index contributed by atoms with van der Waals surface area (Å²) in [6.45, 7) is 5.65. The van der Waals surface area contributed by atoms with E-state index in [1.165, 1.54) is 7.05 Å². The highest BCUT2D eigenvalue weighted by atomic mass is 16.6. The molecule has 0 radical (unpaired) electrons.